The molecule has 1 fully saturated rings. The van der Waals surface area contributed by atoms with E-state index < -0.39 is 17.3 Å². The van der Waals surface area contributed by atoms with Crippen molar-refractivity contribution in [3.63, 3.8) is 0 Å². The van der Waals surface area contributed by atoms with E-state index in [1.807, 2.05) is 12.2 Å². The van der Waals surface area contributed by atoms with Gasteiger partial charge >= 0.3 is 5.97 Å². The summed E-state index contributed by atoms with van der Waals surface area (Å²) < 4.78 is 0. The van der Waals surface area contributed by atoms with Crippen molar-refractivity contribution < 1.29 is 14.7 Å². The van der Waals surface area contributed by atoms with Crippen LogP contribution in [-0.4, -0.2) is 29.9 Å². The molecule has 4 aliphatic rings. The van der Waals surface area contributed by atoms with E-state index in [2.05, 4.69) is 15.6 Å². The van der Waals surface area contributed by atoms with Crippen LogP contribution in [0, 0.1) is 11.3 Å². The Morgan fingerprint density at radius 1 is 1.38 bits per heavy atom. The molecule has 2 aliphatic heterocycles. The zero-order chi connectivity index (χ0) is 14.6. The van der Waals surface area contributed by atoms with Crippen LogP contribution in [0.2, 0.25) is 0 Å². The van der Waals surface area contributed by atoms with Crippen LogP contribution in [0.25, 0.3) is 0 Å². The highest BCUT2D eigenvalue weighted by atomic mass is 16.4. The van der Waals surface area contributed by atoms with Gasteiger partial charge in [0.15, 0.2) is 0 Å². The van der Waals surface area contributed by atoms with Crippen molar-refractivity contribution >= 4 is 18.1 Å². The van der Waals surface area contributed by atoms with E-state index in [0.29, 0.717) is 25.9 Å². The van der Waals surface area contributed by atoms with Crippen molar-refractivity contribution in [2.45, 2.75) is 19.3 Å². The van der Waals surface area contributed by atoms with Crippen LogP contribution < -0.4 is 10.6 Å². The first-order valence-electron chi connectivity index (χ1n) is 7.03. The molecule has 0 aromatic rings. The molecular formula is C15H15N3O3. The van der Waals surface area contributed by atoms with Crippen LogP contribution in [0.3, 0.4) is 0 Å². The molecule has 1 amide bonds. The molecule has 6 nitrogen and oxygen atoms in total. The minimum Gasteiger partial charge on any atom is -0.481 e. The van der Waals surface area contributed by atoms with Crippen LogP contribution in [0.1, 0.15) is 19.3 Å². The van der Waals surface area contributed by atoms with Crippen molar-refractivity contribution in [3.05, 3.63) is 34.7 Å². The van der Waals surface area contributed by atoms with E-state index in [4.69, 9.17) is 5.11 Å². The lowest BCUT2D eigenvalue weighted by molar-refractivity contribution is -0.140. The number of carboxylic acid groups (broad SMARTS) is 1. The third-order valence-electron chi connectivity index (χ3n) is 4.76. The van der Waals surface area contributed by atoms with Crippen LogP contribution in [0.15, 0.2) is 39.7 Å². The number of carbonyl (C=O) groups is 2. The summed E-state index contributed by atoms with van der Waals surface area (Å²) >= 11 is 0. The number of allylic oxidation sites excluding steroid dienone is 3. The number of carboxylic acids is 1. The number of aliphatic imine (C=N–C) groups is 1. The Morgan fingerprint density at radius 3 is 3.00 bits per heavy atom. The van der Waals surface area contributed by atoms with Gasteiger partial charge in [0, 0.05) is 11.8 Å². The fourth-order valence-electron chi connectivity index (χ4n) is 3.66. The third kappa shape index (κ3) is 1.62. The molecule has 6 heteroatoms. The summed E-state index contributed by atoms with van der Waals surface area (Å²) in [6.07, 6.45) is 7.25. The second-order valence-electron chi connectivity index (χ2n) is 5.93. The molecule has 2 aliphatic carbocycles. The summed E-state index contributed by atoms with van der Waals surface area (Å²) in [5.41, 5.74) is 2.39. The smallest absolute Gasteiger partial charge is 0.310 e. The lowest BCUT2D eigenvalue weighted by Gasteiger charge is -2.21. The Labute approximate surface area is 121 Å². The maximum absolute atomic E-state index is 12.5. The molecule has 0 aromatic heterocycles. The number of aliphatic carboxylic acids is 1. The summed E-state index contributed by atoms with van der Waals surface area (Å²) in [7, 11) is 0. The van der Waals surface area contributed by atoms with Gasteiger partial charge in [0.2, 0.25) is 5.91 Å². The molecule has 0 bridgehead atoms. The van der Waals surface area contributed by atoms with Crippen molar-refractivity contribution in [2.75, 3.05) is 6.67 Å². The van der Waals surface area contributed by atoms with E-state index in [1.54, 1.807) is 6.21 Å². The first kappa shape index (κ1) is 12.4. The van der Waals surface area contributed by atoms with Crippen LogP contribution in [0.4, 0.5) is 0 Å². The average molecular weight is 285 g/mol. The Hall–Kier alpha value is -2.37. The summed E-state index contributed by atoms with van der Waals surface area (Å²) in [5.74, 6) is -0.550. The number of nitrogens with zero attached hydrogens (tertiary/aromatic N) is 1. The number of fused-ring (bicyclic) bond motifs is 2. The number of amides is 1. The third-order valence-corrected chi connectivity index (χ3v) is 4.76. The quantitative estimate of drug-likeness (QED) is 0.661. The molecule has 4 rings (SSSR count). The van der Waals surface area contributed by atoms with Gasteiger partial charge in [-0.05, 0) is 30.4 Å². The lowest BCUT2D eigenvalue weighted by atomic mass is 9.79. The highest BCUT2D eigenvalue weighted by molar-refractivity contribution is 6.02. The zero-order valence-corrected chi connectivity index (χ0v) is 11.3. The maximum atomic E-state index is 12.5. The van der Waals surface area contributed by atoms with Crippen LogP contribution in [0.5, 0.6) is 0 Å². The standard InChI is InChI=1S/C15H15N3O3/c19-13(20)8-1-2-9-4-15(5-10(9)3-8)11-6-16-7-17-12(11)18-14(15)21/h2-3,6,8,17H,1,4-5,7H2,(H,18,21)(H,19,20)/t8?,15-/m1/s1. The van der Waals surface area contributed by atoms with Crippen molar-refractivity contribution in [1.29, 1.82) is 0 Å². The lowest BCUT2D eigenvalue weighted by Crippen LogP contribution is -2.32. The molecule has 0 aromatic carbocycles. The van der Waals surface area contributed by atoms with Gasteiger partial charge in [0.25, 0.3) is 0 Å². The van der Waals surface area contributed by atoms with Crippen LogP contribution in [-0.2, 0) is 9.59 Å². The first-order valence-corrected chi connectivity index (χ1v) is 7.03. The summed E-state index contributed by atoms with van der Waals surface area (Å²) in [6, 6.07) is 0. The highest BCUT2D eigenvalue weighted by Crippen LogP contribution is 2.53. The van der Waals surface area contributed by atoms with Gasteiger partial charge in [-0.2, -0.15) is 0 Å². The predicted molar refractivity (Wildman–Crippen MR) is 75.2 cm³/mol. The highest BCUT2D eigenvalue weighted by Gasteiger charge is 2.53. The zero-order valence-electron chi connectivity index (χ0n) is 11.3. The molecule has 1 unspecified atom stereocenters. The molecule has 1 spiro atoms. The van der Waals surface area contributed by atoms with Gasteiger partial charge in [0.05, 0.1) is 11.3 Å². The fourth-order valence-corrected chi connectivity index (χ4v) is 3.66. The Bertz CT molecular complexity index is 686. The van der Waals surface area contributed by atoms with Gasteiger partial charge in [-0.1, -0.05) is 12.2 Å². The van der Waals surface area contributed by atoms with Crippen molar-refractivity contribution in [1.82, 2.24) is 10.6 Å². The average Bonchev–Trinajstić information content (AvgIpc) is 2.98. The molecule has 3 N–H and O–H groups in total. The first-order chi connectivity index (χ1) is 10.1. The van der Waals surface area contributed by atoms with E-state index in [9.17, 15) is 9.59 Å². The minimum absolute atomic E-state index is 0.0172. The van der Waals surface area contributed by atoms with E-state index in [1.165, 1.54) is 0 Å². The number of rotatable bonds is 1. The Morgan fingerprint density at radius 2 is 2.19 bits per heavy atom. The van der Waals surface area contributed by atoms with Crippen molar-refractivity contribution in [2.24, 2.45) is 16.3 Å². The van der Waals surface area contributed by atoms with E-state index >= 15 is 0 Å². The topological polar surface area (TPSA) is 90.8 Å². The largest absolute Gasteiger partial charge is 0.481 e. The van der Waals surface area contributed by atoms with Gasteiger partial charge in [-0.3, -0.25) is 14.6 Å². The van der Waals surface area contributed by atoms with Gasteiger partial charge in [-0.15, -0.1) is 0 Å². The molecule has 2 heterocycles. The van der Waals surface area contributed by atoms with Gasteiger partial charge in [0.1, 0.15) is 12.5 Å². The molecule has 0 saturated heterocycles. The summed E-state index contributed by atoms with van der Waals surface area (Å²) in [4.78, 5) is 27.9. The van der Waals surface area contributed by atoms with E-state index in [-0.39, 0.29) is 5.91 Å². The molecule has 0 radical (unpaired) electrons. The Kier molecular flexibility index (Phi) is 2.40. The van der Waals surface area contributed by atoms with E-state index in [0.717, 1.165) is 22.5 Å². The number of carbonyl (C=O) groups excluding carboxylic acids is 1. The monoisotopic (exact) mass is 285 g/mol. The number of hydrogen-bond donors (Lipinski definition) is 3. The van der Waals surface area contributed by atoms with Crippen LogP contribution >= 0.6 is 0 Å². The Balaban J connectivity index is 1.74. The molecule has 1 saturated carbocycles. The predicted octanol–water partition coefficient (Wildman–Crippen LogP) is 0.697. The number of hydrogen-bond acceptors (Lipinski definition) is 4. The second kappa shape index (κ2) is 4.07. The van der Waals surface area contributed by atoms with Crippen molar-refractivity contribution in [3.8, 4) is 0 Å². The summed E-state index contributed by atoms with van der Waals surface area (Å²) in [6.45, 7) is 0.474. The normalized spacial score (nSPS) is 33.1. The SMILES string of the molecule is O=C(O)C1C=C2C[C@@]3(CC2=CC1)C(=O)NC1=C3C=NCN1. The van der Waals surface area contributed by atoms with Gasteiger partial charge < -0.3 is 15.7 Å². The van der Waals surface area contributed by atoms with Gasteiger partial charge in [-0.25, -0.2) is 0 Å². The second-order valence-corrected chi connectivity index (χ2v) is 5.93. The minimum atomic E-state index is -0.810. The molecule has 2 atom stereocenters. The number of nitrogens with one attached hydrogen (secondary N) is 2. The molecule has 108 valence electrons. The maximum Gasteiger partial charge on any atom is 0.310 e. The fraction of sp³-hybridized carbons (Fsp3) is 0.400. The molecule has 21 heavy (non-hydrogen) atoms. The summed E-state index contributed by atoms with van der Waals surface area (Å²) in [5, 5.41) is 15.1. The molecular weight excluding hydrogens is 270 g/mol.